The van der Waals surface area contributed by atoms with E-state index in [0.29, 0.717) is 32.8 Å². The molecule has 2 N–H and O–H groups in total. The minimum Gasteiger partial charge on any atom is -0.456 e. The van der Waals surface area contributed by atoms with Crippen LogP contribution in [-0.2, 0) is 0 Å². The van der Waals surface area contributed by atoms with E-state index >= 15 is 0 Å². The normalized spacial score (nSPS) is 10.8. The van der Waals surface area contributed by atoms with Crippen molar-refractivity contribution in [3.05, 3.63) is 63.8 Å². The van der Waals surface area contributed by atoms with Crippen molar-refractivity contribution in [2.45, 2.75) is 0 Å². The Morgan fingerprint density at radius 3 is 2.38 bits per heavy atom. The van der Waals surface area contributed by atoms with Crippen molar-refractivity contribution in [2.75, 3.05) is 0 Å². The largest absolute Gasteiger partial charge is 0.488 e. The van der Waals surface area contributed by atoms with Crippen LogP contribution in [0.2, 0.25) is 5.02 Å². The van der Waals surface area contributed by atoms with E-state index in [0.717, 1.165) is 0 Å². The minimum absolute atomic E-state index is 0.181. The number of fused-ring (bicyclic) bond motifs is 1. The molecule has 3 rings (SSSR count). The third kappa shape index (κ3) is 2.71. The van der Waals surface area contributed by atoms with Crippen LogP contribution in [0.1, 0.15) is 0 Å². The molecule has 2 aromatic carbocycles. The Morgan fingerprint density at radius 1 is 1.00 bits per heavy atom. The summed E-state index contributed by atoms with van der Waals surface area (Å²) in [4.78, 5) is 12.1. The molecule has 0 aliphatic heterocycles. The van der Waals surface area contributed by atoms with Crippen molar-refractivity contribution in [2.24, 2.45) is 0 Å². The number of rotatable bonds is 2. The number of benzene rings is 2. The summed E-state index contributed by atoms with van der Waals surface area (Å²) in [7, 11) is -1.52. The molecule has 4 nitrogen and oxygen atoms in total. The molecular weight excluding hydrogens is 290 g/mol. The lowest BCUT2D eigenvalue weighted by atomic mass is 9.80. The lowest BCUT2D eigenvalue weighted by Crippen LogP contribution is -2.29. The van der Waals surface area contributed by atoms with Crippen LogP contribution in [0.25, 0.3) is 22.3 Å². The van der Waals surface area contributed by atoms with Crippen LogP contribution in [0.3, 0.4) is 0 Å². The Labute approximate surface area is 125 Å². The molecule has 104 valence electrons. The maximum Gasteiger partial charge on any atom is 0.488 e. The second kappa shape index (κ2) is 5.37. The van der Waals surface area contributed by atoms with Gasteiger partial charge < -0.3 is 14.5 Å². The Kier molecular flexibility index (Phi) is 3.55. The first-order chi connectivity index (χ1) is 10.0. The maximum absolute atomic E-state index is 12.1. The zero-order valence-electron chi connectivity index (χ0n) is 10.8. The molecule has 0 spiro atoms. The van der Waals surface area contributed by atoms with E-state index in [1.54, 1.807) is 42.5 Å². The molecular formula is C15H10BClO4. The molecule has 0 bridgehead atoms. The van der Waals surface area contributed by atoms with Crippen LogP contribution >= 0.6 is 11.6 Å². The Bertz CT molecular complexity index is 856. The smallest absolute Gasteiger partial charge is 0.456 e. The van der Waals surface area contributed by atoms with Gasteiger partial charge in [-0.1, -0.05) is 35.9 Å². The second-order valence-corrected chi connectivity index (χ2v) is 5.05. The van der Waals surface area contributed by atoms with Gasteiger partial charge in [-0.15, -0.1) is 0 Å². The van der Waals surface area contributed by atoms with Crippen molar-refractivity contribution in [1.29, 1.82) is 0 Å². The van der Waals surface area contributed by atoms with Crippen LogP contribution in [0, 0.1) is 0 Å². The van der Waals surface area contributed by atoms with Gasteiger partial charge in [0.25, 0.3) is 0 Å². The summed E-state index contributed by atoms with van der Waals surface area (Å²) in [5.74, 6) is 0.411. The average molecular weight is 301 g/mol. The van der Waals surface area contributed by atoms with Gasteiger partial charge in [0.1, 0.15) is 11.3 Å². The summed E-state index contributed by atoms with van der Waals surface area (Å²) in [5.41, 5.74) is 1.32. The van der Waals surface area contributed by atoms with Gasteiger partial charge in [0.2, 0.25) is 0 Å². The lowest BCUT2D eigenvalue weighted by Gasteiger charge is -2.05. The van der Waals surface area contributed by atoms with E-state index in [-0.39, 0.29) is 5.43 Å². The van der Waals surface area contributed by atoms with Crippen LogP contribution in [0.5, 0.6) is 0 Å². The first-order valence-electron chi connectivity index (χ1n) is 6.24. The topological polar surface area (TPSA) is 70.7 Å². The highest BCUT2D eigenvalue weighted by Crippen LogP contribution is 2.23. The van der Waals surface area contributed by atoms with Crippen LogP contribution in [0.15, 0.2) is 57.7 Å². The average Bonchev–Trinajstić information content (AvgIpc) is 2.48. The van der Waals surface area contributed by atoms with Crippen LogP contribution in [-0.4, -0.2) is 17.2 Å². The predicted octanol–water partition coefficient (Wildman–Crippen LogP) is 1.79. The molecule has 0 saturated heterocycles. The van der Waals surface area contributed by atoms with Crippen molar-refractivity contribution >= 4 is 35.2 Å². The number of halogens is 1. The first kappa shape index (κ1) is 13.9. The Balaban J connectivity index is 2.12. The van der Waals surface area contributed by atoms with Gasteiger partial charge in [-0.05, 0) is 23.7 Å². The molecule has 0 unspecified atom stereocenters. The molecule has 6 heteroatoms. The van der Waals surface area contributed by atoms with Gasteiger partial charge in [-0.3, -0.25) is 4.79 Å². The van der Waals surface area contributed by atoms with Gasteiger partial charge in [0, 0.05) is 16.7 Å². The van der Waals surface area contributed by atoms with Crippen LogP contribution in [0.4, 0.5) is 0 Å². The highest BCUT2D eigenvalue weighted by Gasteiger charge is 2.12. The summed E-state index contributed by atoms with van der Waals surface area (Å²) in [6, 6.07) is 12.7. The molecule has 0 saturated carbocycles. The summed E-state index contributed by atoms with van der Waals surface area (Å²) < 4.78 is 5.70. The molecule has 0 amide bonds. The van der Waals surface area contributed by atoms with Crippen molar-refractivity contribution in [1.82, 2.24) is 0 Å². The molecule has 1 heterocycles. The van der Waals surface area contributed by atoms with E-state index < -0.39 is 7.12 Å². The van der Waals surface area contributed by atoms with Crippen LogP contribution < -0.4 is 10.9 Å². The second-order valence-electron chi connectivity index (χ2n) is 4.61. The SMILES string of the molecule is O=c1cc(-c2ccc(B(O)O)cc2)oc2ccc(Cl)cc12. The van der Waals surface area contributed by atoms with Crippen molar-refractivity contribution in [3.63, 3.8) is 0 Å². The van der Waals surface area contributed by atoms with E-state index in [4.69, 9.17) is 26.1 Å². The zero-order valence-corrected chi connectivity index (χ0v) is 11.5. The molecule has 21 heavy (non-hydrogen) atoms. The molecule has 0 aliphatic carbocycles. The van der Waals surface area contributed by atoms with Crippen molar-refractivity contribution < 1.29 is 14.5 Å². The quantitative estimate of drug-likeness (QED) is 0.708. The molecule has 0 atom stereocenters. The van der Waals surface area contributed by atoms with Gasteiger partial charge in [-0.25, -0.2) is 0 Å². The zero-order chi connectivity index (χ0) is 15.0. The fourth-order valence-corrected chi connectivity index (χ4v) is 2.26. The summed E-state index contributed by atoms with van der Waals surface area (Å²) in [5, 5.41) is 19.0. The van der Waals surface area contributed by atoms with E-state index in [9.17, 15) is 4.79 Å². The monoisotopic (exact) mass is 300 g/mol. The third-order valence-electron chi connectivity index (χ3n) is 3.18. The highest BCUT2D eigenvalue weighted by atomic mass is 35.5. The maximum atomic E-state index is 12.1. The molecule has 0 fully saturated rings. The van der Waals surface area contributed by atoms with Crippen molar-refractivity contribution in [3.8, 4) is 11.3 Å². The number of hydrogen-bond acceptors (Lipinski definition) is 4. The standard InChI is InChI=1S/C15H10BClO4/c17-11-5-6-14-12(7-11)13(18)8-15(21-14)9-1-3-10(4-2-9)16(19)20/h1-8,19-20H. The third-order valence-corrected chi connectivity index (χ3v) is 3.42. The molecule has 3 aromatic rings. The lowest BCUT2D eigenvalue weighted by molar-refractivity contribution is 0.426. The van der Waals surface area contributed by atoms with Gasteiger partial charge in [0.15, 0.2) is 5.43 Å². The summed E-state index contributed by atoms with van der Waals surface area (Å²) in [6.45, 7) is 0. The van der Waals surface area contributed by atoms with E-state index in [1.807, 2.05) is 0 Å². The Morgan fingerprint density at radius 2 is 1.71 bits per heavy atom. The summed E-state index contributed by atoms with van der Waals surface area (Å²) in [6.07, 6.45) is 0. The van der Waals surface area contributed by atoms with E-state index in [2.05, 4.69) is 0 Å². The molecule has 1 aromatic heterocycles. The van der Waals surface area contributed by atoms with Gasteiger partial charge >= 0.3 is 7.12 Å². The molecule has 0 aliphatic rings. The molecule has 0 radical (unpaired) electrons. The fraction of sp³-hybridized carbons (Fsp3) is 0. The fourth-order valence-electron chi connectivity index (χ4n) is 2.09. The van der Waals surface area contributed by atoms with Gasteiger partial charge in [0.05, 0.1) is 5.39 Å². The van der Waals surface area contributed by atoms with E-state index in [1.165, 1.54) is 6.07 Å². The highest BCUT2D eigenvalue weighted by molar-refractivity contribution is 6.58. The Hall–Kier alpha value is -2.08. The van der Waals surface area contributed by atoms with Gasteiger partial charge in [-0.2, -0.15) is 0 Å². The summed E-state index contributed by atoms with van der Waals surface area (Å²) >= 11 is 5.87. The number of hydrogen-bond donors (Lipinski definition) is 2. The first-order valence-corrected chi connectivity index (χ1v) is 6.62. The predicted molar refractivity (Wildman–Crippen MR) is 82.8 cm³/mol. The minimum atomic E-state index is -1.52.